The molecule has 1 aromatic rings. The highest BCUT2D eigenvalue weighted by Crippen LogP contribution is 2.19. The van der Waals surface area contributed by atoms with Crippen molar-refractivity contribution in [3.63, 3.8) is 0 Å². The van der Waals surface area contributed by atoms with E-state index in [0.717, 1.165) is 25.0 Å². The molecule has 1 saturated heterocycles. The van der Waals surface area contributed by atoms with Crippen LogP contribution in [-0.2, 0) is 4.74 Å². The molecule has 0 saturated carbocycles. The number of rotatable bonds is 1. The summed E-state index contributed by atoms with van der Waals surface area (Å²) in [7, 11) is 0. The number of aromatic nitrogens is 1. The summed E-state index contributed by atoms with van der Waals surface area (Å²) in [6, 6.07) is 1.73. The minimum atomic E-state index is 0.0113. The quantitative estimate of drug-likeness (QED) is 0.751. The Balaban J connectivity index is 2.34. The van der Waals surface area contributed by atoms with Gasteiger partial charge in [0.1, 0.15) is 0 Å². The van der Waals surface area contributed by atoms with Crippen LogP contribution in [0.25, 0.3) is 0 Å². The van der Waals surface area contributed by atoms with E-state index in [2.05, 4.69) is 0 Å². The van der Waals surface area contributed by atoms with E-state index in [0.29, 0.717) is 12.3 Å². The monoisotopic (exact) mass is 208 g/mol. The van der Waals surface area contributed by atoms with Crippen molar-refractivity contribution in [2.24, 2.45) is 0 Å². The van der Waals surface area contributed by atoms with Gasteiger partial charge in [-0.3, -0.25) is 4.79 Å². The molecule has 0 aromatic carbocycles. The third-order valence-corrected chi connectivity index (χ3v) is 2.86. The van der Waals surface area contributed by atoms with Gasteiger partial charge in [0, 0.05) is 18.9 Å². The Morgan fingerprint density at radius 3 is 3.07 bits per heavy atom. The van der Waals surface area contributed by atoms with Crippen LogP contribution in [0.5, 0.6) is 0 Å². The standard InChI is InChI=1S/C11H16N2O2/c1-8-5-11(14)13(6-10(8)12)9-3-2-4-15-7-9/h5-6,9H,2-4,7,12H2,1H3. The Morgan fingerprint density at radius 1 is 1.60 bits per heavy atom. The molecule has 1 aliphatic heterocycles. The Hall–Kier alpha value is -1.29. The van der Waals surface area contributed by atoms with Crippen molar-refractivity contribution in [2.45, 2.75) is 25.8 Å². The number of hydrogen-bond donors (Lipinski definition) is 1. The van der Waals surface area contributed by atoms with Crippen LogP contribution >= 0.6 is 0 Å². The van der Waals surface area contributed by atoms with Gasteiger partial charge >= 0.3 is 0 Å². The first kappa shape index (κ1) is 10.2. The molecule has 4 heteroatoms. The zero-order chi connectivity index (χ0) is 10.8. The van der Waals surface area contributed by atoms with Crippen molar-refractivity contribution < 1.29 is 4.74 Å². The molecule has 0 amide bonds. The highest BCUT2D eigenvalue weighted by molar-refractivity contribution is 5.43. The number of nitrogen functional groups attached to an aromatic ring is 1. The number of pyridine rings is 1. The molecule has 4 nitrogen and oxygen atoms in total. The number of ether oxygens (including phenoxy) is 1. The summed E-state index contributed by atoms with van der Waals surface area (Å²) in [5, 5.41) is 0. The fourth-order valence-corrected chi connectivity index (χ4v) is 1.89. The molecule has 0 bridgehead atoms. The van der Waals surface area contributed by atoms with Crippen LogP contribution in [0.1, 0.15) is 24.4 Å². The number of nitrogens with two attached hydrogens (primary N) is 1. The van der Waals surface area contributed by atoms with E-state index in [1.807, 2.05) is 6.92 Å². The van der Waals surface area contributed by atoms with Crippen molar-refractivity contribution in [1.82, 2.24) is 4.57 Å². The van der Waals surface area contributed by atoms with E-state index in [-0.39, 0.29) is 11.6 Å². The van der Waals surface area contributed by atoms with Crippen LogP contribution in [0.3, 0.4) is 0 Å². The molecule has 0 aliphatic carbocycles. The highest BCUT2D eigenvalue weighted by atomic mass is 16.5. The predicted octanol–water partition coefficient (Wildman–Crippen LogP) is 1.09. The molecule has 2 rings (SSSR count). The highest BCUT2D eigenvalue weighted by Gasteiger charge is 2.17. The first-order valence-electron chi connectivity index (χ1n) is 5.24. The number of aryl methyl sites for hydroxylation is 1. The molecule has 1 fully saturated rings. The average molecular weight is 208 g/mol. The lowest BCUT2D eigenvalue weighted by Crippen LogP contribution is -2.30. The summed E-state index contributed by atoms with van der Waals surface area (Å²) < 4.78 is 7.06. The Morgan fingerprint density at radius 2 is 2.40 bits per heavy atom. The maximum absolute atomic E-state index is 11.7. The maximum atomic E-state index is 11.7. The summed E-state index contributed by atoms with van der Waals surface area (Å²) >= 11 is 0. The van der Waals surface area contributed by atoms with Gasteiger partial charge in [-0.05, 0) is 25.3 Å². The van der Waals surface area contributed by atoms with Gasteiger partial charge in [-0.1, -0.05) is 0 Å². The lowest BCUT2D eigenvalue weighted by Gasteiger charge is -2.24. The molecule has 2 heterocycles. The second-order valence-corrected chi connectivity index (χ2v) is 4.03. The summed E-state index contributed by atoms with van der Waals surface area (Å²) in [6.45, 7) is 3.26. The van der Waals surface area contributed by atoms with Crippen molar-refractivity contribution in [1.29, 1.82) is 0 Å². The molecule has 1 aliphatic rings. The molecule has 1 unspecified atom stereocenters. The van der Waals surface area contributed by atoms with E-state index in [1.165, 1.54) is 0 Å². The summed E-state index contributed by atoms with van der Waals surface area (Å²) in [5.41, 5.74) is 7.31. The average Bonchev–Trinajstić information content (AvgIpc) is 2.25. The van der Waals surface area contributed by atoms with E-state index in [4.69, 9.17) is 10.5 Å². The molecule has 1 aromatic heterocycles. The van der Waals surface area contributed by atoms with E-state index < -0.39 is 0 Å². The molecule has 15 heavy (non-hydrogen) atoms. The van der Waals surface area contributed by atoms with Crippen molar-refractivity contribution in [3.05, 3.63) is 28.2 Å². The van der Waals surface area contributed by atoms with E-state index >= 15 is 0 Å². The molecule has 0 spiro atoms. The fourth-order valence-electron chi connectivity index (χ4n) is 1.89. The Bertz CT molecular complexity index is 406. The summed E-state index contributed by atoms with van der Waals surface area (Å²) in [4.78, 5) is 11.7. The zero-order valence-corrected chi connectivity index (χ0v) is 8.90. The van der Waals surface area contributed by atoms with Crippen LogP contribution in [0, 0.1) is 6.92 Å². The van der Waals surface area contributed by atoms with Gasteiger partial charge in [-0.25, -0.2) is 0 Å². The second-order valence-electron chi connectivity index (χ2n) is 4.03. The van der Waals surface area contributed by atoms with Crippen molar-refractivity contribution >= 4 is 5.69 Å². The van der Waals surface area contributed by atoms with Gasteiger partial charge in [-0.2, -0.15) is 0 Å². The smallest absolute Gasteiger partial charge is 0.251 e. The molecule has 0 radical (unpaired) electrons. The summed E-state index contributed by atoms with van der Waals surface area (Å²) in [5.74, 6) is 0. The number of nitrogens with zero attached hydrogens (tertiary/aromatic N) is 1. The molecular weight excluding hydrogens is 192 g/mol. The third-order valence-electron chi connectivity index (χ3n) is 2.86. The Kier molecular flexibility index (Phi) is 2.77. The Labute approximate surface area is 88.7 Å². The van der Waals surface area contributed by atoms with Gasteiger partial charge in [0.25, 0.3) is 5.56 Å². The number of hydrogen-bond acceptors (Lipinski definition) is 3. The second kappa shape index (κ2) is 4.06. The zero-order valence-electron chi connectivity index (χ0n) is 8.90. The van der Waals surface area contributed by atoms with Gasteiger partial charge in [0.15, 0.2) is 0 Å². The van der Waals surface area contributed by atoms with Gasteiger partial charge < -0.3 is 15.0 Å². The minimum absolute atomic E-state index is 0.0113. The summed E-state index contributed by atoms with van der Waals surface area (Å²) in [6.07, 6.45) is 3.73. The molecule has 82 valence electrons. The maximum Gasteiger partial charge on any atom is 0.251 e. The van der Waals surface area contributed by atoms with Crippen LogP contribution in [0.15, 0.2) is 17.1 Å². The van der Waals surface area contributed by atoms with Crippen LogP contribution in [-0.4, -0.2) is 17.8 Å². The van der Waals surface area contributed by atoms with Gasteiger partial charge in [-0.15, -0.1) is 0 Å². The first-order chi connectivity index (χ1) is 7.18. The first-order valence-corrected chi connectivity index (χ1v) is 5.24. The largest absolute Gasteiger partial charge is 0.397 e. The molecular formula is C11H16N2O2. The third kappa shape index (κ3) is 2.04. The van der Waals surface area contributed by atoms with Crippen LogP contribution in [0.2, 0.25) is 0 Å². The normalized spacial score (nSPS) is 21.5. The van der Waals surface area contributed by atoms with E-state index in [9.17, 15) is 4.79 Å². The lowest BCUT2D eigenvalue weighted by molar-refractivity contribution is 0.0580. The number of anilines is 1. The van der Waals surface area contributed by atoms with Gasteiger partial charge in [0.05, 0.1) is 18.3 Å². The molecule has 2 N–H and O–H groups in total. The van der Waals surface area contributed by atoms with Crippen LogP contribution in [0.4, 0.5) is 5.69 Å². The van der Waals surface area contributed by atoms with Crippen molar-refractivity contribution in [2.75, 3.05) is 18.9 Å². The van der Waals surface area contributed by atoms with Gasteiger partial charge in [0.2, 0.25) is 0 Å². The van der Waals surface area contributed by atoms with Crippen LogP contribution < -0.4 is 11.3 Å². The minimum Gasteiger partial charge on any atom is -0.397 e. The predicted molar refractivity (Wildman–Crippen MR) is 58.9 cm³/mol. The van der Waals surface area contributed by atoms with E-state index in [1.54, 1.807) is 16.8 Å². The topological polar surface area (TPSA) is 57.2 Å². The fraction of sp³-hybridized carbons (Fsp3) is 0.545. The van der Waals surface area contributed by atoms with Crippen molar-refractivity contribution in [3.8, 4) is 0 Å². The lowest BCUT2D eigenvalue weighted by atomic mass is 10.1. The SMILES string of the molecule is Cc1cc(=O)n(C2CCCOC2)cc1N. The molecule has 1 atom stereocenters.